The van der Waals surface area contributed by atoms with E-state index >= 15 is 0 Å². The number of nitriles is 1. The molecule has 0 radical (unpaired) electrons. The van der Waals surface area contributed by atoms with Crippen LogP contribution in [0.1, 0.15) is 39.0 Å². The molecule has 16 atom stereocenters. The normalized spacial score (nSPS) is 72.2. The Bertz CT molecular complexity index is 761. The van der Waals surface area contributed by atoms with Crippen LogP contribution < -0.4 is 0 Å². The summed E-state index contributed by atoms with van der Waals surface area (Å²) < 4.78 is 0. The van der Waals surface area contributed by atoms with Gasteiger partial charge in [-0.3, -0.25) is 0 Å². The average molecular weight is 346 g/mol. The molecule has 1 heteroatoms. The van der Waals surface area contributed by atoms with Crippen LogP contribution in [0.3, 0.4) is 0 Å². The molecule has 0 aliphatic heterocycles. The smallest absolute Gasteiger partial charge is 0.0624 e. The quantitative estimate of drug-likeness (QED) is 0.484. The molecular weight excluding hydrogens is 314 g/mol. The highest BCUT2D eigenvalue weighted by molar-refractivity contribution is 5.27. The second kappa shape index (κ2) is 4.29. The third-order valence-electron chi connectivity index (χ3n) is 12.3. The van der Waals surface area contributed by atoms with Crippen molar-refractivity contribution in [3.05, 3.63) is 12.2 Å². The van der Waals surface area contributed by atoms with E-state index in [4.69, 9.17) is 0 Å². The van der Waals surface area contributed by atoms with Gasteiger partial charge in [0.15, 0.2) is 0 Å². The van der Waals surface area contributed by atoms with Crippen LogP contribution in [0, 0.1) is 106 Å². The van der Waals surface area contributed by atoms with Crippen molar-refractivity contribution < 1.29 is 0 Å². The van der Waals surface area contributed by atoms with Crippen LogP contribution in [0.25, 0.3) is 0 Å². The standard InChI is InChI=1S/C25H31N/c1-10-13(4-5-26)15-7-14(10)22-18-9-19(23(15)22)25-17-8-16(24(18)25)20-11-2-3-12(6-11)21(17)20/h2-3,10-25H,4,6-9H2,1H3. The van der Waals surface area contributed by atoms with Crippen LogP contribution in [-0.2, 0) is 0 Å². The molecule has 16 unspecified atom stereocenters. The maximum absolute atomic E-state index is 9.39. The van der Waals surface area contributed by atoms with Gasteiger partial charge in [0.05, 0.1) is 6.07 Å². The van der Waals surface area contributed by atoms with Gasteiger partial charge in [-0.05, 0) is 120 Å². The lowest BCUT2D eigenvalue weighted by Crippen LogP contribution is -2.48. The van der Waals surface area contributed by atoms with Gasteiger partial charge in [0.25, 0.3) is 0 Å². The van der Waals surface area contributed by atoms with Crippen molar-refractivity contribution in [3.63, 3.8) is 0 Å². The van der Waals surface area contributed by atoms with Crippen LogP contribution in [0.4, 0.5) is 0 Å². The third-order valence-corrected chi connectivity index (χ3v) is 12.3. The molecule has 0 spiro atoms. The summed E-state index contributed by atoms with van der Waals surface area (Å²) in [6, 6.07) is 2.56. The number of rotatable bonds is 1. The molecule has 136 valence electrons. The Morgan fingerprint density at radius 2 is 1.19 bits per heavy atom. The van der Waals surface area contributed by atoms with Crippen LogP contribution >= 0.6 is 0 Å². The Labute approximate surface area is 157 Å². The molecule has 0 aromatic rings. The van der Waals surface area contributed by atoms with Crippen LogP contribution in [-0.4, -0.2) is 0 Å². The summed E-state index contributed by atoms with van der Waals surface area (Å²) in [4.78, 5) is 0. The molecule has 7 saturated carbocycles. The van der Waals surface area contributed by atoms with Gasteiger partial charge >= 0.3 is 0 Å². The molecule has 1 nitrogen and oxygen atoms in total. The molecule has 8 bridgehead atoms. The van der Waals surface area contributed by atoms with Crippen molar-refractivity contribution in [2.24, 2.45) is 94.7 Å². The van der Waals surface area contributed by atoms with Crippen LogP contribution in [0.5, 0.6) is 0 Å². The first-order valence-electron chi connectivity index (χ1n) is 11.8. The highest BCUT2D eigenvalue weighted by atomic mass is 14.8. The van der Waals surface area contributed by atoms with Crippen molar-refractivity contribution in [2.45, 2.75) is 39.0 Å². The SMILES string of the molecule is CC1C(CC#N)C2CC1C1C3CC(C21)C1C2CC(C4C5C=CC(C5)C24)C31. The fourth-order valence-corrected chi connectivity index (χ4v) is 12.4. The molecule has 26 heavy (non-hydrogen) atoms. The zero-order chi connectivity index (χ0) is 16.9. The third kappa shape index (κ3) is 1.27. The average Bonchev–Trinajstić information content (AvgIpc) is 3.42. The minimum Gasteiger partial charge on any atom is -0.198 e. The second-order valence-electron chi connectivity index (χ2n) is 12.0. The summed E-state index contributed by atoms with van der Waals surface area (Å²) in [5.74, 6) is 16.5. The van der Waals surface area contributed by atoms with Gasteiger partial charge in [-0.25, -0.2) is 0 Å². The number of hydrogen-bond donors (Lipinski definition) is 0. The first kappa shape index (κ1) is 14.3. The van der Waals surface area contributed by atoms with E-state index in [2.05, 4.69) is 25.1 Å². The van der Waals surface area contributed by atoms with E-state index in [1.807, 2.05) is 0 Å². The molecule has 8 rings (SSSR count). The number of nitrogens with zero attached hydrogens (tertiary/aromatic N) is 1. The molecule has 0 aromatic carbocycles. The number of fused-ring (bicyclic) bond motifs is 23. The first-order valence-corrected chi connectivity index (χ1v) is 11.8. The van der Waals surface area contributed by atoms with Crippen molar-refractivity contribution in [2.75, 3.05) is 0 Å². The van der Waals surface area contributed by atoms with E-state index in [9.17, 15) is 5.26 Å². The lowest BCUT2D eigenvalue weighted by atomic mass is 9.53. The maximum Gasteiger partial charge on any atom is 0.0624 e. The van der Waals surface area contributed by atoms with Crippen molar-refractivity contribution in [1.82, 2.24) is 0 Å². The minimum absolute atomic E-state index is 0.751. The molecule has 8 aliphatic rings. The molecule has 7 fully saturated rings. The van der Waals surface area contributed by atoms with E-state index in [0.29, 0.717) is 0 Å². The van der Waals surface area contributed by atoms with E-state index in [1.165, 1.54) is 12.8 Å². The Kier molecular flexibility index (Phi) is 2.35. The minimum atomic E-state index is 0.751. The first-order chi connectivity index (χ1) is 12.8. The van der Waals surface area contributed by atoms with Gasteiger partial charge in [-0.15, -0.1) is 0 Å². The highest BCUT2D eigenvalue weighted by Crippen LogP contribution is 2.81. The van der Waals surface area contributed by atoms with E-state index < -0.39 is 0 Å². The van der Waals surface area contributed by atoms with Crippen molar-refractivity contribution >= 4 is 0 Å². The molecule has 0 saturated heterocycles. The predicted octanol–water partition coefficient (Wildman–Crippen LogP) is 5.00. The van der Waals surface area contributed by atoms with Gasteiger partial charge in [0.1, 0.15) is 0 Å². The largest absolute Gasteiger partial charge is 0.198 e. The lowest BCUT2D eigenvalue weighted by Gasteiger charge is -2.51. The Morgan fingerprint density at radius 1 is 0.692 bits per heavy atom. The van der Waals surface area contributed by atoms with E-state index in [0.717, 1.165) is 101 Å². The molecule has 8 aliphatic carbocycles. The van der Waals surface area contributed by atoms with Gasteiger partial charge in [0, 0.05) is 6.42 Å². The Morgan fingerprint density at radius 3 is 1.81 bits per heavy atom. The summed E-state index contributed by atoms with van der Waals surface area (Å²) in [7, 11) is 0. The Balaban J connectivity index is 1.19. The van der Waals surface area contributed by atoms with Gasteiger partial charge < -0.3 is 0 Å². The summed E-state index contributed by atoms with van der Waals surface area (Å²) >= 11 is 0. The summed E-state index contributed by atoms with van der Waals surface area (Å²) in [5.41, 5.74) is 0. The van der Waals surface area contributed by atoms with Gasteiger partial charge in [-0.2, -0.15) is 5.26 Å². The number of allylic oxidation sites excluding steroid dienone is 2. The van der Waals surface area contributed by atoms with Crippen molar-refractivity contribution in [3.8, 4) is 6.07 Å². The molecule has 0 aromatic heterocycles. The molecule has 0 heterocycles. The molecular formula is C25H31N. The predicted molar refractivity (Wildman–Crippen MR) is 99.4 cm³/mol. The van der Waals surface area contributed by atoms with Gasteiger partial charge in [-0.1, -0.05) is 19.1 Å². The maximum atomic E-state index is 9.39. The van der Waals surface area contributed by atoms with Crippen LogP contribution in [0.15, 0.2) is 12.2 Å². The monoisotopic (exact) mass is 345 g/mol. The summed E-state index contributed by atoms with van der Waals surface area (Å²) in [6.07, 6.45) is 12.4. The van der Waals surface area contributed by atoms with E-state index in [1.54, 1.807) is 12.8 Å². The second-order valence-corrected chi connectivity index (χ2v) is 12.0. The molecule has 0 N–H and O–H groups in total. The van der Waals surface area contributed by atoms with Crippen LogP contribution in [0.2, 0.25) is 0 Å². The van der Waals surface area contributed by atoms with E-state index in [-0.39, 0.29) is 0 Å². The fourth-order valence-electron chi connectivity index (χ4n) is 12.4. The highest BCUT2D eigenvalue weighted by Gasteiger charge is 2.76. The number of hydrogen-bond acceptors (Lipinski definition) is 1. The topological polar surface area (TPSA) is 23.8 Å². The lowest BCUT2D eigenvalue weighted by molar-refractivity contribution is -0.0396. The summed E-state index contributed by atoms with van der Waals surface area (Å²) in [6.45, 7) is 2.52. The zero-order valence-electron chi connectivity index (χ0n) is 15.9. The van der Waals surface area contributed by atoms with Gasteiger partial charge in [0.2, 0.25) is 0 Å². The van der Waals surface area contributed by atoms with Crippen molar-refractivity contribution in [1.29, 1.82) is 5.26 Å². The zero-order valence-corrected chi connectivity index (χ0v) is 15.9. The fraction of sp³-hybridized carbons (Fsp3) is 0.880. The Hall–Kier alpha value is -0.770. The summed E-state index contributed by atoms with van der Waals surface area (Å²) in [5, 5.41) is 9.39. The molecule has 0 amide bonds.